The largest absolute Gasteiger partial charge is 0.453 e. The number of H-pyrrole nitrogens is 1. The fourth-order valence-corrected chi connectivity index (χ4v) is 3.89. The van der Waals surface area contributed by atoms with Gasteiger partial charge < -0.3 is 9.72 Å². The summed E-state index contributed by atoms with van der Waals surface area (Å²) in [7, 11) is 1.31. The van der Waals surface area contributed by atoms with Crippen molar-refractivity contribution in [2.45, 2.75) is 9.79 Å². The van der Waals surface area contributed by atoms with Crippen LogP contribution in [-0.2, 0) is 4.74 Å². The zero-order valence-electron chi connectivity index (χ0n) is 13.7. The van der Waals surface area contributed by atoms with Crippen molar-refractivity contribution in [2.24, 2.45) is 0 Å². The second-order valence-corrected chi connectivity index (χ2v) is 7.30. The highest BCUT2D eigenvalue weighted by Gasteiger charge is 2.08. The van der Waals surface area contributed by atoms with E-state index in [0.29, 0.717) is 5.95 Å². The molecule has 130 valence electrons. The van der Waals surface area contributed by atoms with Crippen LogP contribution >= 0.6 is 23.1 Å². The van der Waals surface area contributed by atoms with Gasteiger partial charge >= 0.3 is 6.09 Å². The zero-order valence-corrected chi connectivity index (χ0v) is 15.4. The van der Waals surface area contributed by atoms with E-state index < -0.39 is 6.09 Å². The van der Waals surface area contributed by atoms with Crippen molar-refractivity contribution in [3.8, 4) is 11.3 Å². The number of methoxy groups -OCH3 is 1. The summed E-state index contributed by atoms with van der Waals surface area (Å²) in [4.78, 5) is 25.3. The van der Waals surface area contributed by atoms with Gasteiger partial charge in [0.2, 0.25) is 5.95 Å². The van der Waals surface area contributed by atoms with Gasteiger partial charge in [-0.1, -0.05) is 11.8 Å². The number of aromatic nitrogens is 3. The van der Waals surface area contributed by atoms with Crippen molar-refractivity contribution in [2.75, 3.05) is 12.4 Å². The highest BCUT2D eigenvalue weighted by Crippen LogP contribution is 2.31. The average molecular weight is 382 g/mol. The molecule has 2 N–H and O–H groups in total. The minimum absolute atomic E-state index is 0.357. The van der Waals surface area contributed by atoms with Crippen LogP contribution in [0.15, 0.2) is 63.1 Å². The molecule has 0 fully saturated rings. The maximum absolute atomic E-state index is 11.3. The van der Waals surface area contributed by atoms with Crippen LogP contribution in [0.4, 0.5) is 10.7 Å². The summed E-state index contributed by atoms with van der Waals surface area (Å²) in [6, 6.07) is 12.0. The van der Waals surface area contributed by atoms with Crippen LogP contribution in [0.1, 0.15) is 0 Å². The molecule has 0 spiro atoms. The number of hydrogen-bond acceptors (Lipinski definition) is 6. The smallest absolute Gasteiger partial charge is 0.413 e. The molecule has 4 rings (SSSR count). The lowest BCUT2D eigenvalue weighted by atomic mass is 10.2. The maximum Gasteiger partial charge on any atom is 0.413 e. The molecular formula is C18H14N4O2S2. The number of thiophene rings is 1. The summed E-state index contributed by atoms with van der Waals surface area (Å²) in [5.74, 6) is 0.357. The van der Waals surface area contributed by atoms with Crippen LogP contribution in [-0.4, -0.2) is 28.2 Å². The number of pyridine rings is 1. The number of rotatable bonds is 4. The lowest BCUT2D eigenvalue weighted by Gasteiger charge is -2.03. The van der Waals surface area contributed by atoms with Gasteiger partial charge in [-0.3, -0.25) is 10.3 Å². The number of nitrogens with one attached hydrogen (secondary N) is 2. The Morgan fingerprint density at radius 3 is 2.85 bits per heavy atom. The number of benzene rings is 1. The molecule has 6 nitrogen and oxygen atoms in total. The molecule has 3 heterocycles. The van der Waals surface area contributed by atoms with Crippen molar-refractivity contribution < 1.29 is 9.53 Å². The number of amides is 1. The van der Waals surface area contributed by atoms with E-state index in [1.54, 1.807) is 23.1 Å². The van der Waals surface area contributed by atoms with Crippen molar-refractivity contribution in [1.82, 2.24) is 15.0 Å². The fourth-order valence-electron chi connectivity index (χ4n) is 2.42. The molecule has 8 heteroatoms. The van der Waals surface area contributed by atoms with Gasteiger partial charge in [0.05, 0.1) is 23.8 Å². The van der Waals surface area contributed by atoms with E-state index in [4.69, 9.17) is 0 Å². The third-order valence-corrected chi connectivity index (χ3v) is 5.30. The summed E-state index contributed by atoms with van der Waals surface area (Å²) >= 11 is 3.28. The molecule has 0 aliphatic carbocycles. The molecule has 0 atom stereocenters. The van der Waals surface area contributed by atoms with E-state index in [1.807, 2.05) is 35.8 Å². The first-order valence-corrected chi connectivity index (χ1v) is 9.48. The van der Waals surface area contributed by atoms with Crippen LogP contribution in [0, 0.1) is 0 Å². The van der Waals surface area contributed by atoms with E-state index in [2.05, 4.69) is 42.5 Å². The summed E-state index contributed by atoms with van der Waals surface area (Å²) in [5.41, 5.74) is 3.71. The van der Waals surface area contributed by atoms with Crippen LogP contribution in [0.25, 0.3) is 22.3 Å². The van der Waals surface area contributed by atoms with Gasteiger partial charge in [-0.15, -0.1) is 0 Å². The number of carbonyl (C=O) groups is 1. The Morgan fingerprint density at radius 1 is 1.23 bits per heavy atom. The van der Waals surface area contributed by atoms with Gasteiger partial charge in [0.1, 0.15) is 0 Å². The number of imidazole rings is 1. The molecule has 0 aliphatic heterocycles. The predicted octanol–water partition coefficient (Wildman–Crippen LogP) is 5.02. The Kier molecular flexibility index (Phi) is 4.59. The SMILES string of the molecule is COC(=O)Nc1nc2ccc(Sc3ccc(-c4ccsc4)nc3)cc2[nH]1. The summed E-state index contributed by atoms with van der Waals surface area (Å²) in [5, 5.41) is 6.65. The summed E-state index contributed by atoms with van der Waals surface area (Å²) < 4.78 is 4.57. The molecule has 1 aromatic carbocycles. The first-order valence-electron chi connectivity index (χ1n) is 7.72. The van der Waals surface area contributed by atoms with Gasteiger partial charge in [0.15, 0.2) is 0 Å². The number of nitrogens with zero attached hydrogens (tertiary/aromatic N) is 2. The predicted molar refractivity (Wildman–Crippen MR) is 104 cm³/mol. The molecule has 0 unspecified atom stereocenters. The summed E-state index contributed by atoms with van der Waals surface area (Å²) in [6.07, 6.45) is 1.31. The minimum Gasteiger partial charge on any atom is -0.453 e. The molecule has 3 aromatic heterocycles. The Bertz CT molecular complexity index is 1040. The van der Waals surface area contributed by atoms with Gasteiger partial charge in [-0.2, -0.15) is 11.3 Å². The average Bonchev–Trinajstić information content (AvgIpc) is 3.31. The second-order valence-electron chi connectivity index (χ2n) is 5.37. The van der Waals surface area contributed by atoms with Crippen molar-refractivity contribution >= 4 is 46.2 Å². The maximum atomic E-state index is 11.3. The Hall–Kier alpha value is -2.84. The van der Waals surface area contributed by atoms with Crippen molar-refractivity contribution in [1.29, 1.82) is 0 Å². The van der Waals surface area contributed by atoms with Crippen LogP contribution < -0.4 is 5.32 Å². The van der Waals surface area contributed by atoms with Crippen LogP contribution in [0.2, 0.25) is 0 Å². The van der Waals surface area contributed by atoms with Crippen LogP contribution in [0.3, 0.4) is 0 Å². The highest BCUT2D eigenvalue weighted by atomic mass is 32.2. The first-order chi connectivity index (χ1) is 12.7. The van der Waals surface area contributed by atoms with E-state index in [1.165, 1.54) is 7.11 Å². The third kappa shape index (κ3) is 3.56. The molecule has 1 amide bonds. The standard InChI is InChI=1S/C18H14N4O2S2/c1-24-18(23)22-17-20-15-5-2-12(8-16(15)21-17)26-13-3-4-14(19-9-13)11-6-7-25-10-11/h2-10H,1H3,(H2,20,21,22,23). The molecule has 0 saturated carbocycles. The number of hydrogen-bond donors (Lipinski definition) is 2. The van der Waals surface area contributed by atoms with E-state index in [9.17, 15) is 4.79 Å². The number of carbonyl (C=O) groups excluding carboxylic acids is 1. The van der Waals surface area contributed by atoms with E-state index in [-0.39, 0.29) is 0 Å². The minimum atomic E-state index is -0.560. The van der Waals surface area contributed by atoms with Gasteiger partial charge in [0.25, 0.3) is 0 Å². The molecule has 0 bridgehead atoms. The van der Waals surface area contributed by atoms with E-state index >= 15 is 0 Å². The number of ether oxygens (including phenoxy) is 1. The normalized spacial score (nSPS) is 10.8. The molecule has 0 aliphatic rings. The molecular weight excluding hydrogens is 368 g/mol. The lowest BCUT2D eigenvalue weighted by molar-refractivity contribution is 0.186. The fraction of sp³-hybridized carbons (Fsp3) is 0.0556. The zero-order chi connectivity index (χ0) is 17.9. The highest BCUT2D eigenvalue weighted by molar-refractivity contribution is 7.99. The van der Waals surface area contributed by atoms with Crippen LogP contribution in [0.5, 0.6) is 0 Å². The van der Waals surface area contributed by atoms with Gasteiger partial charge in [-0.05, 0) is 41.8 Å². The molecule has 4 aromatic rings. The molecule has 0 radical (unpaired) electrons. The second kappa shape index (κ2) is 7.19. The van der Waals surface area contributed by atoms with Gasteiger partial charge in [-0.25, -0.2) is 9.78 Å². The van der Waals surface area contributed by atoms with Gasteiger partial charge in [0, 0.05) is 26.9 Å². The summed E-state index contributed by atoms with van der Waals surface area (Å²) in [6.45, 7) is 0. The van der Waals surface area contributed by atoms with Crippen molar-refractivity contribution in [3.63, 3.8) is 0 Å². The number of aromatic amines is 1. The lowest BCUT2D eigenvalue weighted by Crippen LogP contribution is -2.11. The third-order valence-electron chi connectivity index (χ3n) is 3.65. The van der Waals surface area contributed by atoms with E-state index in [0.717, 1.165) is 32.1 Å². The first kappa shape index (κ1) is 16.6. The topological polar surface area (TPSA) is 79.9 Å². The molecule has 0 saturated heterocycles. The monoisotopic (exact) mass is 382 g/mol. The van der Waals surface area contributed by atoms with Crippen molar-refractivity contribution in [3.05, 3.63) is 53.4 Å². The quantitative estimate of drug-likeness (QED) is 0.518. The number of anilines is 1. The number of fused-ring (bicyclic) bond motifs is 1. The Balaban J connectivity index is 1.52. The Morgan fingerprint density at radius 2 is 2.12 bits per heavy atom. The molecule has 26 heavy (non-hydrogen) atoms. The Labute approximate surface area is 157 Å².